The highest BCUT2D eigenvalue weighted by Crippen LogP contribution is 2.25. The van der Waals surface area contributed by atoms with Crippen LogP contribution in [0.2, 0.25) is 0 Å². The standard InChI is InChI=1S/C11H18N2OS/c1-3-10-12-9(6-15-10)5-13-7-11(14,4-2)8-13/h6,14H,3-5,7-8H2,1-2H3. The van der Waals surface area contributed by atoms with Crippen LogP contribution >= 0.6 is 11.3 Å². The molecule has 1 aliphatic heterocycles. The summed E-state index contributed by atoms with van der Waals surface area (Å²) in [5.41, 5.74) is 0.721. The molecule has 4 heteroatoms. The Balaban J connectivity index is 1.84. The second-order valence-corrected chi connectivity index (χ2v) is 5.25. The van der Waals surface area contributed by atoms with Gasteiger partial charge in [0, 0.05) is 25.0 Å². The average Bonchev–Trinajstić information content (AvgIpc) is 2.63. The summed E-state index contributed by atoms with van der Waals surface area (Å²) >= 11 is 1.73. The Hall–Kier alpha value is -0.450. The maximum Gasteiger partial charge on any atom is 0.0926 e. The van der Waals surface area contributed by atoms with Gasteiger partial charge in [-0.3, -0.25) is 4.90 Å². The lowest BCUT2D eigenvalue weighted by molar-refractivity contribution is -0.103. The Morgan fingerprint density at radius 2 is 2.27 bits per heavy atom. The van der Waals surface area contributed by atoms with Crippen LogP contribution < -0.4 is 0 Å². The number of hydrogen-bond acceptors (Lipinski definition) is 4. The molecular weight excluding hydrogens is 208 g/mol. The predicted molar refractivity (Wildman–Crippen MR) is 62.0 cm³/mol. The molecule has 0 unspecified atom stereocenters. The SMILES string of the molecule is CCc1nc(CN2CC(O)(CC)C2)cs1. The van der Waals surface area contributed by atoms with Crippen molar-refractivity contribution in [1.29, 1.82) is 0 Å². The number of β-amino-alcohol motifs (C(OH)–C–C–N with tert-alkyl or cyclic N) is 1. The van der Waals surface area contributed by atoms with E-state index in [1.807, 2.05) is 6.92 Å². The normalized spacial score (nSPS) is 20.2. The van der Waals surface area contributed by atoms with E-state index in [4.69, 9.17) is 0 Å². The highest BCUT2D eigenvalue weighted by molar-refractivity contribution is 7.09. The Kier molecular flexibility index (Phi) is 3.09. The molecule has 1 aliphatic rings. The van der Waals surface area contributed by atoms with Gasteiger partial charge in [0.25, 0.3) is 0 Å². The third kappa shape index (κ3) is 2.38. The molecule has 1 fully saturated rings. The molecule has 1 saturated heterocycles. The van der Waals surface area contributed by atoms with Gasteiger partial charge in [-0.1, -0.05) is 13.8 Å². The lowest BCUT2D eigenvalue weighted by Gasteiger charge is -2.45. The van der Waals surface area contributed by atoms with Crippen LogP contribution in [0.1, 0.15) is 31.0 Å². The summed E-state index contributed by atoms with van der Waals surface area (Å²) in [4.78, 5) is 6.77. The Morgan fingerprint density at radius 3 is 2.80 bits per heavy atom. The van der Waals surface area contributed by atoms with Gasteiger partial charge < -0.3 is 5.11 Å². The molecule has 0 bridgehead atoms. The number of thiazole rings is 1. The predicted octanol–water partition coefficient (Wildman–Crippen LogP) is 1.66. The number of likely N-dealkylation sites (tertiary alicyclic amines) is 1. The molecule has 0 aromatic carbocycles. The van der Waals surface area contributed by atoms with Gasteiger partial charge in [-0.15, -0.1) is 11.3 Å². The van der Waals surface area contributed by atoms with Gasteiger partial charge in [-0.2, -0.15) is 0 Å². The van der Waals surface area contributed by atoms with Crippen molar-refractivity contribution in [3.63, 3.8) is 0 Å². The van der Waals surface area contributed by atoms with Crippen molar-refractivity contribution < 1.29 is 5.11 Å². The second-order valence-electron chi connectivity index (χ2n) is 4.31. The van der Waals surface area contributed by atoms with Crippen LogP contribution in [0.5, 0.6) is 0 Å². The van der Waals surface area contributed by atoms with Crippen molar-refractivity contribution in [2.24, 2.45) is 0 Å². The molecular formula is C11H18N2OS. The zero-order valence-corrected chi connectivity index (χ0v) is 10.2. The van der Waals surface area contributed by atoms with Crippen molar-refractivity contribution in [3.05, 3.63) is 16.1 Å². The van der Waals surface area contributed by atoms with Crippen molar-refractivity contribution in [2.45, 2.75) is 38.8 Å². The van der Waals surface area contributed by atoms with E-state index in [2.05, 4.69) is 22.2 Å². The largest absolute Gasteiger partial charge is 0.387 e. The summed E-state index contributed by atoms with van der Waals surface area (Å²) in [5.74, 6) is 0. The van der Waals surface area contributed by atoms with Gasteiger partial charge >= 0.3 is 0 Å². The first-order valence-corrected chi connectivity index (χ1v) is 6.41. The fourth-order valence-corrected chi connectivity index (χ4v) is 2.67. The summed E-state index contributed by atoms with van der Waals surface area (Å²) in [7, 11) is 0. The van der Waals surface area contributed by atoms with Crippen LogP contribution in [0.4, 0.5) is 0 Å². The van der Waals surface area contributed by atoms with Crippen LogP contribution in [0, 0.1) is 0 Å². The van der Waals surface area contributed by atoms with Gasteiger partial charge in [0.1, 0.15) is 0 Å². The maximum atomic E-state index is 9.86. The number of nitrogens with zero attached hydrogens (tertiary/aromatic N) is 2. The summed E-state index contributed by atoms with van der Waals surface area (Å²) < 4.78 is 0. The van der Waals surface area contributed by atoms with Crippen LogP contribution in [0.15, 0.2) is 5.38 Å². The minimum absolute atomic E-state index is 0.427. The third-order valence-electron chi connectivity index (χ3n) is 2.98. The minimum atomic E-state index is -0.427. The van der Waals surface area contributed by atoms with E-state index < -0.39 is 5.60 Å². The van der Waals surface area contributed by atoms with Gasteiger partial charge in [0.05, 0.1) is 16.3 Å². The fourth-order valence-electron chi connectivity index (χ4n) is 1.93. The molecule has 15 heavy (non-hydrogen) atoms. The third-order valence-corrected chi connectivity index (χ3v) is 4.02. The minimum Gasteiger partial charge on any atom is -0.387 e. The first kappa shape index (κ1) is 11.0. The topological polar surface area (TPSA) is 36.4 Å². The molecule has 3 nitrogen and oxygen atoms in total. The van der Waals surface area contributed by atoms with E-state index in [0.717, 1.165) is 38.2 Å². The first-order valence-electron chi connectivity index (χ1n) is 5.53. The Labute approximate surface area is 94.8 Å². The molecule has 0 saturated carbocycles. The quantitative estimate of drug-likeness (QED) is 0.848. The number of aryl methyl sites for hydroxylation is 1. The van der Waals surface area contributed by atoms with Gasteiger partial charge in [0.15, 0.2) is 0 Å². The van der Waals surface area contributed by atoms with E-state index in [-0.39, 0.29) is 0 Å². The average molecular weight is 226 g/mol. The Morgan fingerprint density at radius 1 is 1.53 bits per heavy atom. The lowest BCUT2D eigenvalue weighted by atomic mass is 9.91. The number of hydrogen-bond donors (Lipinski definition) is 1. The molecule has 0 radical (unpaired) electrons. The van der Waals surface area contributed by atoms with Crippen LogP contribution in [0.25, 0.3) is 0 Å². The van der Waals surface area contributed by atoms with Crippen molar-refractivity contribution in [2.75, 3.05) is 13.1 Å². The maximum absolute atomic E-state index is 9.86. The van der Waals surface area contributed by atoms with E-state index in [1.165, 1.54) is 5.01 Å². The molecule has 84 valence electrons. The zero-order chi connectivity index (χ0) is 10.9. The molecule has 1 aromatic heterocycles. The summed E-state index contributed by atoms with van der Waals surface area (Å²) in [5, 5.41) is 13.2. The monoisotopic (exact) mass is 226 g/mol. The number of rotatable bonds is 4. The van der Waals surface area contributed by atoms with E-state index in [9.17, 15) is 5.11 Å². The first-order chi connectivity index (χ1) is 7.15. The van der Waals surface area contributed by atoms with Gasteiger partial charge in [-0.25, -0.2) is 4.98 Å². The molecule has 1 aromatic rings. The van der Waals surface area contributed by atoms with Crippen LogP contribution in [0.3, 0.4) is 0 Å². The fraction of sp³-hybridized carbons (Fsp3) is 0.727. The van der Waals surface area contributed by atoms with Crippen LogP contribution in [-0.2, 0) is 13.0 Å². The summed E-state index contributed by atoms with van der Waals surface area (Å²) in [6.07, 6.45) is 1.87. The van der Waals surface area contributed by atoms with Gasteiger partial charge in [0.2, 0.25) is 0 Å². The highest BCUT2D eigenvalue weighted by Gasteiger charge is 2.39. The molecule has 0 aliphatic carbocycles. The summed E-state index contributed by atoms with van der Waals surface area (Å²) in [6.45, 7) is 6.64. The molecule has 2 heterocycles. The lowest BCUT2D eigenvalue weighted by Crippen LogP contribution is -2.60. The highest BCUT2D eigenvalue weighted by atomic mass is 32.1. The second kappa shape index (κ2) is 4.20. The molecule has 1 N–H and O–H groups in total. The number of aliphatic hydroxyl groups is 1. The van der Waals surface area contributed by atoms with Crippen molar-refractivity contribution in [1.82, 2.24) is 9.88 Å². The molecule has 0 atom stereocenters. The summed E-state index contributed by atoms with van der Waals surface area (Å²) in [6, 6.07) is 0. The number of aromatic nitrogens is 1. The zero-order valence-electron chi connectivity index (χ0n) is 9.36. The van der Waals surface area contributed by atoms with Crippen LogP contribution in [-0.4, -0.2) is 33.7 Å². The van der Waals surface area contributed by atoms with Crippen molar-refractivity contribution >= 4 is 11.3 Å². The molecule has 0 amide bonds. The van der Waals surface area contributed by atoms with Gasteiger partial charge in [-0.05, 0) is 12.8 Å². The van der Waals surface area contributed by atoms with E-state index >= 15 is 0 Å². The van der Waals surface area contributed by atoms with Crippen molar-refractivity contribution in [3.8, 4) is 0 Å². The van der Waals surface area contributed by atoms with E-state index in [0.29, 0.717) is 0 Å². The smallest absolute Gasteiger partial charge is 0.0926 e. The van der Waals surface area contributed by atoms with E-state index in [1.54, 1.807) is 11.3 Å². The Bertz CT molecular complexity index is 331. The molecule has 0 spiro atoms. The molecule has 2 rings (SSSR count).